The fourth-order valence-electron chi connectivity index (χ4n) is 1.52. The highest BCUT2D eigenvalue weighted by Gasteiger charge is 2.28. The second kappa shape index (κ2) is 6.27. The molecule has 0 rings (SSSR count). The van der Waals surface area contributed by atoms with Gasteiger partial charge in [0.15, 0.2) is 11.6 Å². The van der Waals surface area contributed by atoms with Crippen molar-refractivity contribution in [1.82, 2.24) is 0 Å². The minimum absolute atomic E-state index is 0.0575. The summed E-state index contributed by atoms with van der Waals surface area (Å²) in [6.07, 6.45) is 1.93. The van der Waals surface area contributed by atoms with Crippen molar-refractivity contribution >= 4 is 17.8 Å². The van der Waals surface area contributed by atoms with Crippen LogP contribution in [0.1, 0.15) is 33.6 Å². The zero-order chi connectivity index (χ0) is 12.0. The summed E-state index contributed by atoms with van der Waals surface area (Å²) >= 11 is 0. The molecule has 0 fully saturated rings. The summed E-state index contributed by atoms with van der Waals surface area (Å²) in [4.78, 5) is 23.0. The zero-order valence-corrected chi connectivity index (χ0v) is 9.67. The molecule has 0 bridgehead atoms. The minimum atomic E-state index is -0.514. The normalized spacial score (nSPS) is 14.1. The van der Waals surface area contributed by atoms with E-state index in [0.29, 0.717) is 12.0 Å². The summed E-state index contributed by atoms with van der Waals surface area (Å²) in [5.41, 5.74) is 0.348. The van der Waals surface area contributed by atoms with Gasteiger partial charge in [0.2, 0.25) is 0 Å². The van der Waals surface area contributed by atoms with Gasteiger partial charge in [-0.05, 0) is 11.5 Å². The molecule has 0 heterocycles. The number of hydrogen-bond acceptors (Lipinski definition) is 3. The Balaban J connectivity index is 4.93. The van der Waals surface area contributed by atoms with E-state index in [1.54, 1.807) is 6.92 Å². The molecule has 2 atom stereocenters. The Morgan fingerprint density at radius 3 is 2.27 bits per heavy atom. The Bertz CT molecular complexity index is 281. The molecule has 0 unspecified atom stereocenters. The minimum Gasteiger partial charge on any atom is -0.305 e. The van der Waals surface area contributed by atoms with Crippen LogP contribution in [0, 0.1) is 17.2 Å². The number of allylic oxidation sites excluding steroid dienone is 1. The molecule has 0 aromatic carbocycles. The van der Waals surface area contributed by atoms with Gasteiger partial charge in [-0.2, -0.15) is 0 Å². The monoisotopic (exact) mass is 209 g/mol. The maximum atomic E-state index is 11.5. The van der Waals surface area contributed by atoms with Crippen molar-refractivity contribution in [3.8, 4) is 0 Å². The third kappa shape index (κ3) is 3.42. The zero-order valence-electron chi connectivity index (χ0n) is 9.67. The van der Waals surface area contributed by atoms with Crippen LogP contribution in [-0.4, -0.2) is 17.8 Å². The molecule has 0 aromatic heterocycles. The lowest BCUT2D eigenvalue weighted by molar-refractivity contribution is -0.121. The first-order valence-electron chi connectivity index (χ1n) is 5.25. The lowest BCUT2D eigenvalue weighted by atomic mass is 9.81. The van der Waals surface area contributed by atoms with Crippen molar-refractivity contribution in [3.05, 3.63) is 12.2 Å². The molecule has 3 nitrogen and oxygen atoms in total. The Labute approximate surface area is 91.1 Å². The first kappa shape index (κ1) is 13.8. The maximum absolute atomic E-state index is 11.5. The van der Waals surface area contributed by atoms with Crippen LogP contribution in [0.4, 0.5) is 0 Å². The van der Waals surface area contributed by atoms with Crippen molar-refractivity contribution in [2.24, 2.45) is 11.8 Å². The molecule has 3 heteroatoms. The van der Waals surface area contributed by atoms with Gasteiger partial charge in [-0.1, -0.05) is 33.8 Å². The van der Waals surface area contributed by atoms with Crippen LogP contribution in [-0.2, 0) is 9.59 Å². The molecule has 1 N–H and O–H groups in total. The predicted octanol–water partition coefficient (Wildman–Crippen LogP) is 2.40. The van der Waals surface area contributed by atoms with E-state index < -0.39 is 5.92 Å². The van der Waals surface area contributed by atoms with E-state index in [4.69, 9.17) is 5.41 Å². The highest BCUT2D eigenvalue weighted by atomic mass is 16.1. The summed E-state index contributed by atoms with van der Waals surface area (Å²) in [5.74, 6) is -0.867. The predicted molar refractivity (Wildman–Crippen MR) is 61.2 cm³/mol. The smallest absolute Gasteiger partial charge is 0.180 e. The van der Waals surface area contributed by atoms with Crippen molar-refractivity contribution in [1.29, 1.82) is 5.41 Å². The van der Waals surface area contributed by atoms with Crippen LogP contribution in [0.2, 0.25) is 0 Å². The van der Waals surface area contributed by atoms with Crippen LogP contribution in [0.5, 0.6) is 0 Å². The lowest BCUT2D eigenvalue weighted by Crippen LogP contribution is -2.27. The summed E-state index contributed by atoms with van der Waals surface area (Å²) in [7, 11) is 0. The Kier molecular flexibility index (Phi) is 5.75. The largest absolute Gasteiger partial charge is 0.305 e. The second-order valence-electron chi connectivity index (χ2n) is 3.71. The van der Waals surface area contributed by atoms with Crippen molar-refractivity contribution < 1.29 is 9.59 Å². The van der Waals surface area contributed by atoms with Crippen LogP contribution in [0.15, 0.2) is 12.2 Å². The molecule has 0 radical (unpaired) electrons. The standard InChI is InChI=1S/C12H19NO2/c1-5-8(3)12(11(15)7-13)9(4)10(14)6-2/h7-8,12-13H,4-6H2,1-3H3/t8-,12+/m0/s1. The number of Topliss-reactive ketones (excluding diaryl/α,β-unsaturated/α-hetero) is 2. The van der Waals surface area contributed by atoms with Crippen LogP contribution in [0.3, 0.4) is 0 Å². The Hall–Kier alpha value is -1.25. The van der Waals surface area contributed by atoms with Gasteiger partial charge >= 0.3 is 0 Å². The van der Waals surface area contributed by atoms with Crippen molar-refractivity contribution in [3.63, 3.8) is 0 Å². The van der Waals surface area contributed by atoms with Crippen LogP contribution in [0.25, 0.3) is 0 Å². The third-order valence-electron chi connectivity index (χ3n) is 2.72. The van der Waals surface area contributed by atoms with E-state index in [1.165, 1.54) is 0 Å². The van der Waals surface area contributed by atoms with Gasteiger partial charge in [-0.15, -0.1) is 0 Å². The highest BCUT2D eigenvalue weighted by Crippen LogP contribution is 2.24. The van der Waals surface area contributed by atoms with E-state index in [0.717, 1.165) is 12.6 Å². The van der Waals surface area contributed by atoms with Gasteiger partial charge in [-0.3, -0.25) is 9.59 Å². The third-order valence-corrected chi connectivity index (χ3v) is 2.72. The maximum Gasteiger partial charge on any atom is 0.180 e. The van der Waals surface area contributed by atoms with Gasteiger partial charge in [0.05, 0.1) is 12.1 Å². The van der Waals surface area contributed by atoms with Gasteiger partial charge in [0.25, 0.3) is 0 Å². The van der Waals surface area contributed by atoms with E-state index in [2.05, 4.69) is 6.58 Å². The molecule has 84 valence electrons. The molecule has 0 aliphatic heterocycles. The van der Waals surface area contributed by atoms with Crippen molar-refractivity contribution in [2.45, 2.75) is 33.6 Å². The molecule has 0 aliphatic carbocycles. The van der Waals surface area contributed by atoms with E-state index in [9.17, 15) is 9.59 Å². The fraction of sp³-hybridized carbons (Fsp3) is 0.583. The molecule has 0 saturated heterocycles. The first-order valence-corrected chi connectivity index (χ1v) is 5.25. The van der Waals surface area contributed by atoms with Gasteiger partial charge in [0.1, 0.15) is 0 Å². The van der Waals surface area contributed by atoms with Crippen LogP contribution < -0.4 is 0 Å². The summed E-state index contributed by atoms with van der Waals surface area (Å²) in [5, 5.41) is 6.97. The molecular formula is C12H19NO2. The van der Waals surface area contributed by atoms with E-state index in [1.807, 2.05) is 13.8 Å². The second-order valence-corrected chi connectivity index (χ2v) is 3.71. The molecule has 0 amide bonds. The number of rotatable bonds is 7. The number of ketones is 2. The highest BCUT2D eigenvalue weighted by molar-refractivity contribution is 6.29. The molecule has 15 heavy (non-hydrogen) atoms. The molecule has 0 aromatic rings. The van der Waals surface area contributed by atoms with E-state index >= 15 is 0 Å². The summed E-state index contributed by atoms with van der Waals surface area (Å²) in [6, 6.07) is 0. The van der Waals surface area contributed by atoms with E-state index in [-0.39, 0.29) is 17.5 Å². The number of carbonyl (C=O) groups excluding carboxylic acids is 2. The van der Waals surface area contributed by atoms with Crippen molar-refractivity contribution in [2.75, 3.05) is 0 Å². The number of carbonyl (C=O) groups is 2. The topological polar surface area (TPSA) is 58.0 Å². The molecule has 0 aliphatic rings. The number of hydrogen-bond donors (Lipinski definition) is 1. The Morgan fingerprint density at radius 1 is 1.40 bits per heavy atom. The molecule has 0 spiro atoms. The Morgan fingerprint density at radius 2 is 1.93 bits per heavy atom. The van der Waals surface area contributed by atoms with Gasteiger partial charge < -0.3 is 5.41 Å². The lowest BCUT2D eigenvalue weighted by Gasteiger charge is -2.21. The average Bonchev–Trinajstić information content (AvgIpc) is 2.27. The first-order chi connectivity index (χ1) is 6.99. The molecule has 0 saturated carbocycles. The SMILES string of the molecule is C=C(C(=O)CC)[C@H](C(=O)C=N)[C@@H](C)CC. The van der Waals surface area contributed by atoms with Gasteiger partial charge in [0, 0.05) is 6.42 Å². The summed E-state index contributed by atoms with van der Waals surface area (Å²) < 4.78 is 0. The van der Waals surface area contributed by atoms with Crippen LogP contribution >= 0.6 is 0 Å². The quantitative estimate of drug-likeness (QED) is 0.517. The fourth-order valence-corrected chi connectivity index (χ4v) is 1.52. The molecular weight excluding hydrogens is 190 g/mol. The summed E-state index contributed by atoms with van der Waals surface area (Å²) in [6.45, 7) is 9.30. The number of nitrogens with one attached hydrogen (secondary N) is 1. The average molecular weight is 209 g/mol. The van der Waals surface area contributed by atoms with Gasteiger partial charge in [-0.25, -0.2) is 0 Å².